The lowest BCUT2D eigenvalue weighted by Gasteiger charge is -2.23. The summed E-state index contributed by atoms with van der Waals surface area (Å²) in [7, 11) is 1.89. The molecule has 0 unspecified atom stereocenters. The lowest BCUT2D eigenvalue weighted by Crippen LogP contribution is -2.48. The van der Waals surface area contributed by atoms with Crippen LogP contribution in [-0.4, -0.2) is 77.2 Å². The van der Waals surface area contributed by atoms with Crippen molar-refractivity contribution in [3.8, 4) is 5.75 Å². The number of carboxylic acids is 1. The van der Waals surface area contributed by atoms with Crippen LogP contribution in [0.2, 0.25) is 0 Å². The Morgan fingerprint density at radius 2 is 1.43 bits per heavy atom. The highest BCUT2D eigenvalue weighted by Gasteiger charge is 2.38. The Labute approximate surface area is 310 Å². The second-order valence-electron chi connectivity index (χ2n) is 11.8. The summed E-state index contributed by atoms with van der Waals surface area (Å²) in [4.78, 5) is 58.8. The molecule has 1 heterocycles. The van der Waals surface area contributed by atoms with Crippen LogP contribution >= 0.6 is 0 Å². The van der Waals surface area contributed by atoms with Gasteiger partial charge in [-0.15, -0.1) is 0 Å². The number of alkyl halides is 3. The lowest BCUT2D eigenvalue weighted by molar-refractivity contribution is -0.192. The molecular formula is C38H42F3N7O6. The minimum absolute atomic E-state index is 0.00727. The van der Waals surface area contributed by atoms with Crippen molar-refractivity contribution >= 4 is 35.3 Å². The Bertz CT molecular complexity index is 1770. The van der Waals surface area contributed by atoms with E-state index >= 15 is 0 Å². The molecule has 0 spiro atoms. The highest BCUT2D eigenvalue weighted by atomic mass is 19.4. The molecule has 54 heavy (non-hydrogen) atoms. The van der Waals surface area contributed by atoms with Gasteiger partial charge in [0, 0.05) is 51.2 Å². The predicted octanol–water partition coefficient (Wildman–Crippen LogP) is 4.09. The van der Waals surface area contributed by atoms with E-state index in [9.17, 15) is 32.7 Å². The smallest absolute Gasteiger partial charge is 0.490 e. The fourth-order valence-electron chi connectivity index (χ4n) is 4.97. The first-order valence-electron chi connectivity index (χ1n) is 16.7. The molecule has 0 saturated carbocycles. The number of nitrogens with one attached hydrogen (secondary N) is 3. The number of aliphatic imine (C=N–C) groups is 1. The van der Waals surface area contributed by atoms with Gasteiger partial charge in [-0.1, -0.05) is 72.8 Å². The third-order valence-corrected chi connectivity index (χ3v) is 7.78. The number of carboxylic acid groups (broad SMARTS) is 1. The third-order valence-electron chi connectivity index (χ3n) is 7.78. The number of carbonyl (C=O) groups is 4. The van der Waals surface area contributed by atoms with Crippen LogP contribution < -0.4 is 26.6 Å². The first-order chi connectivity index (χ1) is 25.7. The predicted molar refractivity (Wildman–Crippen MR) is 196 cm³/mol. The van der Waals surface area contributed by atoms with Gasteiger partial charge in [0.05, 0.1) is 5.92 Å². The van der Waals surface area contributed by atoms with E-state index in [-0.39, 0.29) is 55.4 Å². The number of hydrogen-bond acceptors (Lipinski definition) is 8. The van der Waals surface area contributed by atoms with E-state index < -0.39 is 24.1 Å². The second kappa shape index (κ2) is 21.2. The van der Waals surface area contributed by atoms with Gasteiger partial charge in [-0.05, 0) is 53.8 Å². The van der Waals surface area contributed by atoms with Gasteiger partial charge in [0.1, 0.15) is 11.8 Å². The van der Waals surface area contributed by atoms with Gasteiger partial charge in [-0.3, -0.25) is 29.7 Å². The van der Waals surface area contributed by atoms with Crippen molar-refractivity contribution in [3.05, 3.63) is 126 Å². The number of anilines is 1. The van der Waals surface area contributed by atoms with Crippen molar-refractivity contribution in [2.45, 2.75) is 43.9 Å². The van der Waals surface area contributed by atoms with Gasteiger partial charge in [-0.25, -0.2) is 4.79 Å². The van der Waals surface area contributed by atoms with Crippen LogP contribution in [0.3, 0.4) is 0 Å². The van der Waals surface area contributed by atoms with Crippen molar-refractivity contribution in [2.24, 2.45) is 10.7 Å². The number of phenolic OH excluding ortho intramolecular Hbond substituents is 1. The molecular weight excluding hydrogens is 707 g/mol. The van der Waals surface area contributed by atoms with Gasteiger partial charge in [-0.2, -0.15) is 13.2 Å². The quantitative estimate of drug-likeness (QED) is 0.0589. The number of phenols is 1. The van der Waals surface area contributed by atoms with E-state index in [2.05, 4.69) is 25.9 Å². The maximum atomic E-state index is 13.8. The van der Waals surface area contributed by atoms with Gasteiger partial charge < -0.3 is 31.5 Å². The normalized spacial score (nSPS) is 11.8. The molecule has 4 aromatic rings. The molecule has 0 bridgehead atoms. The molecule has 7 N–H and O–H groups in total. The lowest BCUT2D eigenvalue weighted by atomic mass is 9.90. The number of nitrogens with two attached hydrogens (primary N) is 1. The average Bonchev–Trinajstić information content (AvgIpc) is 3.16. The minimum Gasteiger partial charge on any atom is -0.508 e. The van der Waals surface area contributed by atoms with Gasteiger partial charge in [0.25, 0.3) is 0 Å². The molecule has 0 aliphatic rings. The standard InChI is InChI=1S/C36H41N7O4.C2HF3O2/c1-43(29-18-22-38-23-19-29)24-20-32(45)42-36(37)39-21-8-13-31(34(46)40-25-26-14-16-30(44)17-15-26)41-35(47)33(27-9-4-2-5-10-27)28-11-6-3-7-12-28;3-2(4,5)1(6)7/h2-7,9-12,14-19,22-23,31,33,44H,8,13,20-21,24-25H2,1H3,(H,40,46)(H,41,47)(H3,37,39,42,45);(H,6,7)/t31-;/m1./s1. The Kier molecular flexibility index (Phi) is 16.4. The largest absolute Gasteiger partial charge is 0.508 e. The Balaban J connectivity index is 0.00000102. The monoisotopic (exact) mass is 749 g/mol. The van der Waals surface area contributed by atoms with Gasteiger partial charge >= 0.3 is 12.1 Å². The van der Waals surface area contributed by atoms with E-state index in [1.165, 1.54) is 0 Å². The molecule has 4 rings (SSSR count). The summed E-state index contributed by atoms with van der Waals surface area (Å²) < 4.78 is 31.7. The van der Waals surface area contributed by atoms with Gasteiger partial charge in [0.15, 0.2) is 5.96 Å². The van der Waals surface area contributed by atoms with Crippen LogP contribution in [0.4, 0.5) is 18.9 Å². The molecule has 0 fully saturated rings. The fourth-order valence-corrected chi connectivity index (χ4v) is 4.97. The number of halogens is 3. The molecule has 0 aliphatic carbocycles. The maximum Gasteiger partial charge on any atom is 0.490 e. The van der Waals surface area contributed by atoms with Crippen LogP contribution in [0.15, 0.2) is 114 Å². The van der Waals surface area contributed by atoms with Crippen LogP contribution in [0.1, 0.15) is 41.9 Å². The molecule has 0 radical (unpaired) electrons. The van der Waals surface area contributed by atoms with E-state index in [1.807, 2.05) is 84.7 Å². The Morgan fingerprint density at radius 1 is 0.870 bits per heavy atom. The maximum absolute atomic E-state index is 13.8. The topological polar surface area (TPSA) is 199 Å². The van der Waals surface area contributed by atoms with Crippen molar-refractivity contribution < 1.29 is 42.6 Å². The molecule has 16 heteroatoms. The van der Waals surface area contributed by atoms with Crippen LogP contribution in [0.5, 0.6) is 5.75 Å². The number of pyridine rings is 1. The van der Waals surface area contributed by atoms with Gasteiger partial charge in [0.2, 0.25) is 17.7 Å². The Hall–Kier alpha value is -6.45. The second-order valence-corrected chi connectivity index (χ2v) is 11.8. The average molecular weight is 750 g/mol. The zero-order valence-corrected chi connectivity index (χ0v) is 29.4. The minimum atomic E-state index is -5.08. The van der Waals surface area contributed by atoms with Crippen LogP contribution in [0, 0.1) is 0 Å². The summed E-state index contributed by atoms with van der Waals surface area (Å²) in [5, 5.41) is 25.2. The van der Waals surface area contributed by atoms with E-state index in [1.54, 1.807) is 36.7 Å². The summed E-state index contributed by atoms with van der Waals surface area (Å²) in [6.07, 6.45) is -0.785. The van der Waals surface area contributed by atoms with E-state index in [0.29, 0.717) is 13.0 Å². The van der Waals surface area contributed by atoms with Crippen molar-refractivity contribution in [1.29, 1.82) is 0 Å². The summed E-state index contributed by atoms with van der Waals surface area (Å²) in [5.41, 5.74) is 9.33. The summed E-state index contributed by atoms with van der Waals surface area (Å²) in [5.74, 6) is -4.18. The van der Waals surface area contributed by atoms with Crippen LogP contribution in [-0.2, 0) is 25.7 Å². The zero-order chi connectivity index (χ0) is 39.5. The summed E-state index contributed by atoms with van der Waals surface area (Å²) in [6, 6.07) is 28.2. The Morgan fingerprint density at radius 3 is 1.96 bits per heavy atom. The number of rotatable bonds is 15. The molecule has 286 valence electrons. The van der Waals surface area contributed by atoms with Crippen LogP contribution in [0.25, 0.3) is 0 Å². The zero-order valence-electron chi connectivity index (χ0n) is 29.4. The highest BCUT2D eigenvalue weighted by Crippen LogP contribution is 2.25. The number of hydrogen-bond donors (Lipinski definition) is 6. The highest BCUT2D eigenvalue weighted by molar-refractivity contribution is 5.96. The summed E-state index contributed by atoms with van der Waals surface area (Å²) >= 11 is 0. The fraction of sp³-hybridized carbons (Fsp3) is 0.263. The first-order valence-corrected chi connectivity index (χ1v) is 16.7. The first kappa shape index (κ1) is 42.0. The van der Waals surface area contributed by atoms with Crippen molar-refractivity contribution in [3.63, 3.8) is 0 Å². The van der Waals surface area contributed by atoms with E-state index in [4.69, 9.17) is 15.6 Å². The number of aliphatic carboxylic acids is 1. The number of amides is 3. The third kappa shape index (κ3) is 14.7. The molecule has 0 saturated heterocycles. The molecule has 3 aromatic carbocycles. The number of benzene rings is 3. The molecule has 1 atom stereocenters. The van der Waals surface area contributed by atoms with Crippen molar-refractivity contribution in [2.75, 3.05) is 25.0 Å². The molecule has 13 nitrogen and oxygen atoms in total. The number of carbonyl (C=O) groups excluding carboxylic acids is 3. The van der Waals surface area contributed by atoms with Crippen molar-refractivity contribution in [1.82, 2.24) is 20.9 Å². The van der Waals surface area contributed by atoms with E-state index in [0.717, 1.165) is 22.4 Å². The number of aromatic nitrogens is 1. The number of nitrogens with zero attached hydrogens (tertiary/aromatic N) is 3. The summed E-state index contributed by atoms with van der Waals surface area (Å²) in [6.45, 7) is 0.942. The number of aromatic hydroxyl groups is 1. The molecule has 1 aromatic heterocycles. The number of guanidine groups is 1. The molecule has 0 aliphatic heterocycles. The SMILES string of the molecule is CN(CCC(=O)NC(N)=NCCC[C@@H](NC(=O)C(c1ccccc1)c1ccccc1)C(=O)NCc1ccc(O)cc1)c1ccncc1.O=C(O)C(F)(F)F. The molecule has 3 amide bonds.